The monoisotopic (exact) mass is 249 g/mol. The number of hydrogen-bond donors (Lipinski definition) is 1. The molecule has 2 unspecified atom stereocenters. The van der Waals surface area contributed by atoms with Crippen molar-refractivity contribution in [3.63, 3.8) is 0 Å². The Kier molecular flexibility index (Phi) is 5.14. The maximum Gasteiger partial charge on any atom is 0.107 e. The molecule has 2 rings (SSSR count). The molecule has 0 saturated heterocycles. The second-order valence-corrected chi connectivity index (χ2v) is 5.05. The van der Waals surface area contributed by atoms with E-state index >= 15 is 0 Å². The Morgan fingerprint density at radius 3 is 2.78 bits per heavy atom. The number of aromatic nitrogens is 1. The number of rotatable bonds is 5. The highest BCUT2D eigenvalue weighted by molar-refractivity contribution is 5.13. The molecule has 0 radical (unpaired) electrons. The first kappa shape index (κ1) is 13.5. The van der Waals surface area contributed by atoms with Crippen LogP contribution < -0.4 is 0 Å². The molecule has 1 heterocycles. The number of nitrogens with zero attached hydrogens (tertiary/aromatic N) is 1. The molecule has 2 atom stereocenters. The third-order valence-corrected chi connectivity index (χ3v) is 3.81. The topological polar surface area (TPSA) is 42.4 Å². The Hall–Kier alpha value is -0.930. The number of aliphatic hydroxyl groups excluding tert-OH is 1. The molecule has 1 fully saturated rings. The quantitative estimate of drug-likeness (QED) is 0.872. The molecule has 3 heteroatoms. The summed E-state index contributed by atoms with van der Waals surface area (Å²) in [4.78, 5) is 4.08. The van der Waals surface area contributed by atoms with Crippen LogP contribution in [0.2, 0.25) is 0 Å². The number of aliphatic hydroxyl groups is 1. The normalized spacial score (nSPS) is 20.6. The molecule has 1 aromatic heterocycles. The lowest BCUT2D eigenvalue weighted by Crippen LogP contribution is -2.32. The average molecular weight is 249 g/mol. The molecule has 1 N–H and O–H groups in total. The van der Waals surface area contributed by atoms with Gasteiger partial charge in [-0.25, -0.2) is 0 Å². The summed E-state index contributed by atoms with van der Waals surface area (Å²) in [6.45, 7) is 2.64. The van der Waals surface area contributed by atoms with E-state index in [0.717, 1.165) is 5.56 Å². The highest BCUT2D eigenvalue weighted by Crippen LogP contribution is 2.34. The number of pyridine rings is 1. The van der Waals surface area contributed by atoms with Crippen LogP contribution in [0.1, 0.15) is 50.7 Å². The number of hydrogen-bond acceptors (Lipinski definition) is 3. The highest BCUT2D eigenvalue weighted by Gasteiger charge is 2.30. The summed E-state index contributed by atoms with van der Waals surface area (Å²) < 4.78 is 5.82. The molecule has 0 amide bonds. The molecule has 100 valence electrons. The molecule has 1 aliphatic carbocycles. The minimum Gasteiger partial charge on any atom is -0.386 e. The lowest BCUT2D eigenvalue weighted by molar-refractivity contribution is -0.0740. The smallest absolute Gasteiger partial charge is 0.107 e. The van der Waals surface area contributed by atoms with Crippen molar-refractivity contribution in [2.75, 3.05) is 6.61 Å². The fourth-order valence-electron chi connectivity index (χ4n) is 2.88. The Morgan fingerprint density at radius 1 is 1.39 bits per heavy atom. The maximum atomic E-state index is 10.5. The third kappa shape index (κ3) is 3.30. The van der Waals surface area contributed by atoms with E-state index in [1.165, 1.54) is 32.1 Å². The van der Waals surface area contributed by atoms with Gasteiger partial charge >= 0.3 is 0 Å². The lowest BCUT2D eigenvalue weighted by atomic mass is 9.82. The number of ether oxygens (including phenoxy) is 1. The summed E-state index contributed by atoms with van der Waals surface area (Å²) in [5.41, 5.74) is 0.863. The van der Waals surface area contributed by atoms with E-state index in [-0.39, 0.29) is 6.10 Å². The van der Waals surface area contributed by atoms with Crippen LogP contribution in [0.15, 0.2) is 24.5 Å². The summed E-state index contributed by atoms with van der Waals surface area (Å²) in [6.07, 6.45) is 9.00. The molecular formula is C15H23NO2. The van der Waals surface area contributed by atoms with Crippen LogP contribution in [0.25, 0.3) is 0 Å². The van der Waals surface area contributed by atoms with Crippen molar-refractivity contribution in [3.8, 4) is 0 Å². The molecule has 1 aromatic rings. The van der Waals surface area contributed by atoms with Crippen molar-refractivity contribution < 1.29 is 9.84 Å². The standard InChI is InChI=1S/C15H23NO2/c1-2-18-15(12-7-4-3-5-8-12)14(17)13-9-6-10-16-11-13/h6,9-12,14-15,17H,2-5,7-8H2,1H3. The van der Waals surface area contributed by atoms with Gasteiger partial charge in [0.25, 0.3) is 0 Å². The molecule has 0 spiro atoms. The van der Waals surface area contributed by atoms with Crippen LogP contribution in [0.4, 0.5) is 0 Å². The van der Waals surface area contributed by atoms with Crippen LogP contribution in [0.5, 0.6) is 0 Å². The van der Waals surface area contributed by atoms with Gasteiger partial charge in [0, 0.05) is 24.6 Å². The van der Waals surface area contributed by atoms with Crippen molar-refractivity contribution in [2.24, 2.45) is 5.92 Å². The van der Waals surface area contributed by atoms with E-state index in [4.69, 9.17) is 4.74 Å². The lowest BCUT2D eigenvalue weighted by Gasteiger charge is -2.33. The van der Waals surface area contributed by atoms with Gasteiger partial charge < -0.3 is 9.84 Å². The Morgan fingerprint density at radius 2 is 2.17 bits per heavy atom. The van der Waals surface area contributed by atoms with Gasteiger partial charge in [-0.15, -0.1) is 0 Å². The third-order valence-electron chi connectivity index (χ3n) is 3.81. The van der Waals surface area contributed by atoms with E-state index in [0.29, 0.717) is 12.5 Å². The summed E-state index contributed by atoms with van der Waals surface area (Å²) in [5, 5.41) is 10.5. The van der Waals surface area contributed by atoms with Crippen molar-refractivity contribution in [1.29, 1.82) is 0 Å². The minimum absolute atomic E-state index is 0.0838. The van der Waals surface area contributed by atoms with Gasteiger partial charge in [0.15, 0.2) is 0 Å². The zero-order valence-corrected chi connectivity index (χ0v) is 11.1. The van der Waals surface area contributed by atoms with Crippen LogP contribution in [-0.4, -0.2) is 22.8 Å². The SMILES string of the molecule is CCOC(C1CCCCC1)C(O)c1cccnc1. The summed E-state index contributed by atoms with van der Waals surface area (Å²) in [7, 11) is 0. The molecular weight excluding hydrogens is 226 g/mol. The van der Waals surface area contributed by atoms with E-state index < -0.39 is 6.10 Å². The van der Waals surface area contributed by atoms with Crippen LogP contribution in [-0.2, 0) is 4.74 Å². The van der Waals surface area contributed by atoms with Crippen LogP contribution in [0, 0.1) is 5.92 Å². The molecule has 0 aliphatic heterocycles. The predicted molar refractivity (Wildman–Crippen MR) is 71.2 cm³/mol. The van der Waals surface area contributed by atoms with Crippen LogP contribution >= 0.6 is 0 Å². The first-order valence-electron chi connectivity index (χ1n) is 7.02. The highest BCUT2D eigenvalue weighted by atomic mass is 16.5. The Labute approximate surface area is 109 Å². The van der Waals surface area contributed by atoms with Gasteiger partial charge in [-0.1, -0.05) is 25.3 Å². The van der Waals surface area contributed by atoms with Gasteiger partial charge in [0.1, 0.15) is 6.10 Å². The summed E-state index contributed by atoms with van der Waals surface area (Å²) in [6, 6.07) is 3.79. The minimum atomic E-state index is -0.554. The Bertz CT molecular complexity index is 336. The van der Waals surface area contributed by atoms with Crippen molar-refractivity contribution in [2.45, 2.75) is 51.2 Å². The van der Waals surface area contributed by atoms with E-state index in [1.54, 1.807) is 12.4 Å². The van der Waals surface area contributed by atoms with E-state index in [2.05, 4.69) is 4.98 Å². The largest absolute Gasteiger partial charge is 0.386 e. The van der Waals surface area contributed by atoms with Gasteiger partial charge in [-0.05, 0) is 31.7 Å². The van der Waals surface area contributed by atoms with Gasteiger partial charge in [-0.2, -0.15) is 0 Å². The summed E-state index contributed by atoms with van der Waals surface area (Å²) >= 11 is 0. The second-order valence-electron chi connectivity index (χ2n) is 5.05. The second kappa shape index (κ2) is 6.86. The van der Waals surface area contributed by atoms with Crippen molar-refractivity contribution in [3.05, 3.63) is 30.1 Å². The molecule has 18 heavy (non-hydrogen) atoms. The van der Waals surface area contributed by atoms with E-state index in [1.807, 2.05) is 19.1 Å². The van der Waals surface area contributed by atoms with Crippen molar-refractivity contribution in [1.82, 2.24) is 4.98 Å². The average Bonchev–Trinajstić information content (AvgIpc) is 2.46. The van der Waals surface area contributed by atoms with Gasteiger partial charge in [0.05, 0.1) is 6.10 Å². The molecule has 0 bridgehead atoms. The first-order chi connectivity index (χ1) is 8.83. The molecule has 3 nitrogen and oxygen atoms in total. The predicted octanol–water partition coefficient (Wildman–Crippen LogP) is 3.10. The Balaban J connectivity index is 2.08. The summed E-state index contributed by atoms with van der Waals surface area (Å²) in [5.74, 6) is 0.480. The molecule has 1 saturated carbocycles. The zero-order chi connectivity index (χ0) is 12.8. The van der Waals surface area contributed by atoms with Crippen LogP contribution in [0.3, 0.4) is 0 Å². The van der Waals surface area contributed by atoms with Crippen molar-refractivity contribution >= 4 is 0 Å². The zero-order valence-electron chi connectivity index (χ0n) is 11.1. The molecule has 1 aliphatic rings. The van der Waals surface area contributed by atoms with E-state index in [9.17, 15) is 5.11 Å². The first-order valence-corrected chi connectivity index (χ1v) is 7.02. The maximum absolute atomic E-state index is 10.5. The van der Waals surface area contributed by atoms with Gasteiger partial charge in [0.2, 0.25) is 0 Å². The fraction of sp³-hybridized carbons (Fsp3) is 0.667. The van der Waals surface area contributed by atoms with Gasteiger partial charge in [-0.3, -0.25) is 4.98 Å². The fourth-order valence-corrected chi connectivity index (χ4v) is 2.88. The molecule has 0 aromatic carbocycles.